The number of rotatable bonds is 9. The van der Waals surface area contributed by atoms with Gasteiger partial charge in [0.15, 0.2) is 10.5 Å². The Morgan fingerprint density at radius 1 is 1.00 bits per heavy atom. The van der Waals surface area contributed by atoms with E-state index in [2.05, 4.69) is 33.8 Å². The lowest BCUT2D eigenvalue weighted by atomic mass is 10.0. The van der Waals surface area contributed by atoms with Crippen LogP contribution in [0.15, 0.2) is 81.6 Å². The maximum Gasteiger partial charge on any atom is 0.196 e. The van der Waals surface area contributed by atoms with Gasteiger partial charge in [-0.3, -0.25) is 4.79 Å². The third kappa shape index (κ3) is 5.03. The largest absolute Gasteiger partial charge is 0.449 e. The number of unbranched alkanes of at least 4 members (excludes halogenated alkanes) is 1. The minimum atomic E-state index is 0.0764. The highest BCUT2D eigenvalue weighted by atomic mass is 32.2. The Balaban J connectivity index is 1.23. The second-order valence-electron chi connectivity index (χ2n) is 7.51. The van der Waals surface area contributed by atoms with E-state index in [0.717, 1.165) is 43.1 Å². The first kappa shape index (κ1) is 20.5. The Morgan fingerprint density at radius 3 is 2.53 bits per heavy atom. The molecular formula is C25H26N2O2S. The minimum absolute atomic E-state index is 0.0764. The molecule has 0 radical (unpaired) electrons. The molecule has 0 N–H and O–H groups in total. The second-order valence-corrected chi connectivity index (χ2v) is 8.58. The standard InChI is InChI=1S/C25H26N2O2S/c1-19-24(28)22-7-2-3-8-23(22)29-25(19)30-17-5-4-6-20-9-11-21(12-10-20)13-15-27-16-14-26-18-27/h2-3,7-12,14,16,18H,4-6,13,15,17H2,1H3. The molecule has 2 aromatic carbocycles. The van der Waals surface area contributed by atoms with Crippen molar-refractivity contribution in [2.45, 2.75) is 44.2 Å². The van der Waals surface area contributed by atoms with Gasteiger partial charge >= 0.3 is 0 Å². The number of nitrogens with zero attached hydrogens (tertiary/aromatic N) is 2. The SMILES string of the molecule is Cc1c(SCCCCc2ccc(CCn3ccnc3)cc2)oc2ccccc2c1=O. The van der Waals surface area contributed by atoms with E-state index in [4.69, 9.17) is 4.42 Å². The molecular weight excluding hydrogens is 392 g/mol. The molecule has 0 aliphatic carbocycles. The van der Waals surface area contributed by atoms with Crippen molar-refractivity contribution in [1.29, 1.82) is 0 Å². The van der Waals surface area contributed by atoms with Gasteiger partial charge in [-0.1, -0.05) is 48.2 Å². The third-order valence-corrected chi connectivity index (χ3v) is 6.46. The molecule has 2 heterocycles. The van der Waals surface area contributed by atoms with Gasteiger partial charge in [0.05, 0.1) is 11.7 Å². The van der Waals surface area contributed by atoms with Crippen LogP contribution in [0.2, 0.25) is 0 Å². The number of benzene rings is 2. The van der Waals surface area contributed by atoms with Gasteiger partial charge in [0.1, 0.15) is 5.58 Å². The molecule has 0 amide bonds. The number of hydrogen-bond acceptors (Lipinski definition) is 4. The zero-order valence-electron chi connectivity index (χ0n) is 17.2. The summed E-state index contributed by atoms with van der Waals surface area (Å²) < 4.78 is 8.06. The van der Waals surface area contributed by atoms with Crippen LogP contribution in [0, 0.1) is 6.92 Å². The lowest BCUT2D eigenvalue weighted by Gasteiger charge is -2.07. The van der Waals surface area contributed by atoms with Gasteiger partial charge in [-0.25, -0.2) is 4.98 Å². The van der Waals surface area contributed by atoms with Crippen molar-refractivity contribution in [2.75, 3.05) is 5.75 Å². The first-order valence-electron chi connectivity index (χ1n) is 10.4. The maximum absolute atomic E-state index is 12.5. The maximum atomic E-state index is 12.5. The van der Waals surface area contributed by atoms with Crippen LogP contribution in [0.4, 0.5) is 0 Å². The summed E-state index contributed by atoms with van der Waals surface area (Å²) in [4.78, 5) is 16.6. The quantitative estimate of drug-likeness (QED) is 0.260. The molecule has 0 saturated heterocycles. The van der Waals surface area contributed by atoms with E-state index in [0.29, 0.717) is 16.5 Å². The summed E-state index contributed by atoms with van der Waals surface area (Å²) in [5, 5.41) is 1.41. The fraction of sp³-hybridized carbons (Fsp3) is 0.280. The van der Waals surface area contributed by atoms with Crippen LogP contribution in [0.25, 0.3) is 11.0 Å². The molecule has 0 bridgehead atoms. The van der Waals surface area contributed by atoms with E-state index in [1.165, 1.54) is 11.1 Å². The number of imidazole rings is 1. The van der Waals surface area contributed by atoms with Gasteiger partial charge in [0, 0.05) is 30.3 Å². The average Bonchev–Trinajstić information content (AvgIpc) is 3.30. The highest BCUT2D eigenvalue weighted by molar-refractivity contribution is 7.99. The molecule has 0 unspecified atom stereocenters. The summed E-state index contributed by atoms with van der Waals surface area (Å²) in [7, 11) is 0. The summed E-state index contributed by atoms with van der Waals surface area (Å²) >= 11 is 1.64. The molecule has 4 rings (SSSR count). The molecule has 4 nitrogen and oxygen atoms in total. The van der Waals surface area contributed by atoms with E-state index in [-0.39, 0.29) is 5.43 Å². The first-order chi connectivity index (χ1) is 14.7. The predicted octanol–water partition coefficient (Wildman–Crippen LogP) is 5.66. The van der Waals surface area contributed by atoms with Crippen LogP contribution < -0.4 is 5.43 Å². The Hall–Kier alpha value is -2.79. The summed E-state index contributed by atoms with van der Waals surface area (Å²) in [5.41, 5.74) is 4.19. The molecule has 0 fully saturated rings. The fourth-order valence-electron chi connectivity index (χ4n) is 3.50. The number of fused-ring (bicyclic) bond motifs is 1. The normalized spacial score (nSPS) is 11.2. The Bertz CT molecular complexity index is 1150. The highest BCUT2D eigenvalue weighted by Gasteiger charge is 2.10. The van der Waals surface area contributed by atoms with Crippen LogP contribution in [-0.2, 0) is 19.4 Å². The van der Waals surface area contributed by atoms with Crippen molar-refractivity contribution < 1.29 is 4.42 Å². The van der Waals surface area contributed by atoms with Gasteiger partial charge in [-0.2, -0.15) is 0 Å². The third-order valence-electron chi connectivity index (χ3n) is 5.31. The van der Waals surface area contributed by atoms with E-state index in [1.54, 1.807) is 11.8 Å². The van der Waals surface area contributed by atoms with Crippen molar-refractivity contribution >= 4 is 22.7 Å². The predicted molar refractivity (Wildman–Crippen MR) is 123 cm³/mol. The summed E-state index contributed by atoms with van der Waals surface area (Å²) in [6.45, 7) is 2.82. The topological polar surface area (TPSA) is 48.0 Å². The minimum Gasteiger partial charge on any atom is -0.449 e. The van der Waals surface area contributed by atoms with Crippen LogP contribution in [0.5, 0.6) is 0 Å². The van der Waals surface area contributed by atoms with Crippen LogP contribution >= 0.6 is 11.8 Å². The molecule has 154 valence electrons. The zero-order chi connectivity index (χ0) is 20.8. The Labute approximate surface area is 181 Å². The molecule has 30 heavy (non-hydrogen) atoms. The monoisotopic (exact) mass is 418 g/mol. The summed E-state index contributed by atoms with van der Waals surface area (Å²) in [6.07, 6.45) is 9.97. The summed E-state index contributed by atoms with van der Waals surface area (Å²) in [6, 6.07) is 16.4. The van der Waals surface area contributed by atoms with Crippen molar-refractivity contribution in [1.82, 2.24) is 9.55 Å². The average molecular weight is 419 g/mol. The number of thioether (sulfide) groups is 1. The molecule has 4 aromatic rings. The zero-order valence-corrected chi connectivity index (χ0v) is 18.0. The van der Waals surface area contributed by atoms with Crippen molar-refractivity contribution in [3.8, 4) is 0 Å². The van der Waals surface area contributed by atoms with Gasteiger partial charge in [0.2, 0.25) is 0 Å². The van der Waals surface area contributed by atoms with E-state index < -0.39 is 0 Å². The smallest absolute Gasteiger partial charge is 0.196 e. The van der Waals surface area contributed by atoms with Crippen molar-refractivity contribution in [3.05, 3.63) is 94.2 Å². The molecule has 0 aliphatic heterocycles. The van der Waals surface area contributed by atoms with E-state index in [9.17, 15) is 4.79 Å². The Kier molecular flexibility index (Phi) is 6.70. The lowest BCUT2D eigenvalue weighted by Crippen LogP contribution is -2.06. The van der Waals surface area contributed by atoms with Crippen LogP contribution in [0.3, 0.4) is 0 Å². The number of para-hydroxylation sites is 1. The molecule has 0 aliphatic rings. The van der Waals surface area contributed by atoms with E-state index in [1.807, 2.05) is 49.9 Å². The Morgan fingerprint density at radius 2 is 1.77 bits per heavy atom. The fourth-order valence-corrected chi connectivity index (χ4v) is 4.49. The molecule has 2 aromatic heterocycles. The lowest BCUT2D eigenvalue weighted by molar-refractivity contribution is 0.492. The van der Waals surface area contributed by atoms with Gasteiger partial charge < -0.3 is 8.98 Å². The number of hydrogen-bond donors (Lipinski definition) is 0. The van der Waals surface area contributed by atoms with Gasteiger partial charge in [-0.05, 0) is 55.9 Å². The van der Waals surface area contributed by atoms with Gasteiger partial charge in [0.25, 0.3) is 0 Å². The highest BCUT2D eigenvalue weighted by Crippen LogP contribution is 2.25. The van der Waals surface area contributed by atoms with E-state index >= 15 is 0 Å². The number of aryl methyl sites for hydroxylation is 3. The van der Waals surface area contributed by atoms with Gasteiger partial charge in [-0.15, -0.1) is 0 Å². The van der Waals surface area contributed by atoms with Crippen molar-refractivity contribution in [2.24, 2.45) is 0 Å². The molecule has 0 atom stereocenters. The molecule has 0 spiro atoms. The summed E-state index contributed by atoms with van der Waals surface area (Å²) in [5.74, 6) is 0.950. The molecule has 0 saturated carbocycles. The van der Waals surface area contributed by atoms with Crippen LogP contribution in [-0.4, -0.2) is 15.3 Å². The van der Waals surface area contributed by atoms with Crippen molar-refractivity contribution in [3.63, 3.8) is 0 Å². The first-order valence-corrected chi connectivity index (χ1v) is 11.4. The number of aromatic nitrogens is 2. The second kappa shape index (κ2) is 9.81. The van der Waals surface area contributed by atoms with Crippen LogP contribution in [0.1, 0.15) is 29.5 Å². The molecule has 5 heteroatoms.